The molecular formula is C13H12Cl2N2O4S2. The minimum Gasteiger partial charge on any atom is -0.282 e. The van der Waals surface area contributed by atoms with E-state index in [0.29, 0.717) is 0 Å². The van der Waals surface area contributed by atoms with E-state index in [2.05, 4.69) is 9.44 Å². The molecule has 0 aromatic heterocycles. The van der Waals surface area contributed by atoms with Crippen molar-refractivity contribution < 1.29 is 16.8 Å². The van der Waals surface area contributed by atoms with Crippen molar-refractivity contribution in [1.82, 2.24) is 0 Å². The van der Waals surface area contributed by atoms with Crippen molar-refractivity contribution in [2.24, 2.45) is 0 Å². The number of benzene rings is 2. The van der Waals surface area contributed by atoms with Crippen LogP contribution in [-0.4, -0.2) is 23.1 Å². The van der Waals surface area contributed by atoms with Crippen molar-refractivity contribution in [2.75, 3.05) is 15.7 Å². The van der Waals surface area contributed by atoms with Gasteiger partial charge in [0.05, 0.1) is 22.7 Å². The van der Waals surface area contributed by atoms with Crippen LogP contribution in [0.4, 0.5) is 11.4 Å². The van der Waals surface area contributed by atoms with Crippen LogP contribution in [0.15, 0.2) is 47.4 Å². The molecule has 2 N–H and O–H groups in total. The highest BCUT2D eigenvalue weighted by Gasteiger charge is 2.20. The summed E-state index contributed by atoms with van der Waals surface area (Å²) in [7, 11) is -7.61. The Kier molecular flexibility index (Phi) is 5.10. The van der Waals surface area contributed by atoms with Gasteiger partial charge in [0.25, 0.3) is 10.0 Å². The summed E-state index contributed by atoms with van der Waals surface area (Å²) < 4.78 is 52.2. The molecule has 0 aliphatic rings. The fourth-order valence-electron chi connectivity index (χ4n) is 1.74. The monoisotopic (exact) mass is 394 g/mol. The fraction of sp³-hybridized carbons (Fsp3) is 0.0769. The standard InChI is InChI=1S/C13H12Cl2N2O4S2/c1-22(18,19)16-11-4-2-3-5-12(11)17-23(20,21)13-8-9(14)6-7-10(13)15/h2-8,16-17H,1H3. The maximum absolute atomic E-state index is 12.5. The first-order valence-electron chi connectivity index (χ1n) is 6.13. The van der Waals surface area contributed by atoms with Gasteiger partial charge in [-0.05, 0) is 30.3 Å². The van der Waals surface area contributed by atoms with E-state index < -0.39 is 20.0 Å². The Bertz CT molecular complexity index is 944. The van der Waals surface area contributed by atoms with Crippen LogP contribution in [0.2, 0.25) is 10.0 Å². The minimum absolute atomic E-state index is 0.00421. The SMILES string of the molecule is CS(=O)(=O)Nc1ccccc1NS(=O)(=O)c1cc(Cl)ccc1Cl. The molecule has 0 aliphatic carbocycles. The smallest absolute Gasteiger partial charge is 0.263 e. The average molecular weight is 395 g/mol. The zero-order chi connectivity index (χ0) is 17.3. The average Bonchev–Trinajstić information content (AvgIpc) is 2.42. The third-order valence-electron chi connectivity index (χ3n) is 2.65. The molecule has 0 fully saturated rings. The van der Waals surface area contributed by atoms with Gasteiger partial charge in [-0.15, -0.1) is 0 Å². The molecule has 2 aromatic rings. The van der Waals surface area contributed by atoms with Gasteiger partial charge in [-0.2, -0.15) is 0 Å². The summed E-state index contributed by atoms with van der Waals surface area (Å²) in [5.74, 6) is 0. The lowest BCUT2D eigenvalue weighted by molar-refractivity contribution is 0.600. The van der Waals surface area contributed by atoms with E-state index in [1.807, 2.05) is 0 Å². The van der Waals surface area contributed by atoms with E-state index in [4.69, 9.17) is 23.2 Å². The second kappa shape index (κ2) is 6.56. The van der Waals surface area contributed by atoms with Gasteiger partial charge in [0.1, 0.15) is 4.90 Å². The Morgan fingerprint density at radius 1 is 0.870 bits per heavy atom. The van der Waals surface area contributed by atoms with E-state index in [1.165, 1.54) is 30.3 Å². The topological polar surface area (TPSA) is 92.3 Å². The molecule has 0 radical (unpaired) electrons. The van der Waals surface area contributed by atoms with Crippen molar-refractivity contribution in [2.45, 2.75) is 4.90 Å². The molecule has 0 amide bonds. The van der Waals surface area contributed by atoms with Crippen LogP contribution in [0, 0.1) is 0 Å². The van der Waals surface area contributed by atoms with Crippen molar-refractivity contribution in [3.05, 3.63) is 52.5 Å². The van der Waals surface area contributed by atoms with E-state index in [0.717, 1.165) is 6.26 Å². The normalized spacial score (nSPS) is 12.0. The van der Waals surface area contributed by atoms with E-state index in [9.17, 15) is 16.8 Å². The Morgan fingerprint density at radius 2 is 1.43 bits per heavy atom. The van der Waals surface area contributed by atoms with Crippen LogP contribution in [-0.2, 0) is 20.0 Å². The lowest BCUT2D eigenvalue weighted by Crippen LogP contribution is -2.16. The maximum atomic E-state index is 12.5. The molecule has 0 bridgehead atoms. The highest BCUT2D eigenvalue weighted by molar-refractivity contribution is 7.93. The van der Waals surface area contributed by atoms with Crippen LogP contribution in [0.1, 0.15) is 0 Å². The first-order valence-corrected chi connectivity index (χ1v) is 10.3. The predicted molar refractivity (Wildman–Crippen MR) is 92.2 cm³/mol. The number of hydrogen-bond donors (Lipinski definition) is 2. The molecule has 10 heteroatoms. The van der Waals surface area contributed by atoms with Crippen LogP contribution < -0.4 is 9.44 Å². The van der Waals surface area contributed by atoms with Crippen LogP contribution in [0.3, 0.4) is 0 Å². The molecule has 2 rings (SSSR count). The summed E-state index contributed by atoms with van der Waals surface area (Å²) >= 11 is 11.7. The van der Waals surface area contributed by atoms with Gasteiger partial charge >= 0.3 is 0 Å². The summed E-state index contributed by atoms with van der Waals surface area (Å²) in [6.07, 6.45) is 0.964. The summed E-state index contributed by atoms with van der Waals surface area (Å²) in [4.78, 5) is -0.208. The molecule has 0 saturated carbocycles. The molecule has 0 aliphatic heterocycles. The van der Waals surface area contributed by atoms with Gasteiger partial charge in [0.2, 0.25) is 10.0 Å². The van der Waals surface area contributed by atoms with Crippen molar-refractivity contribution in [1.29, 1.82) is 0 Å². The van der Waals surface area contributed by atoms with Crippen molar-refractivity contribution >= 4 is 54.6 Å². The summed E-state index contributed by atoms with van der Waals surface area (Å²) in [5, 5.41) is 0.202. The molecule has 0 spiro atoms. The van der Waals surface area contributed by atoms with Crippen LogP contribution in [0.25, 0.3) is 0 Å². The van der Waals surface area contributed by atoms with Crippen LogP contribution in [0.5, 0.6) is 0 Å². The van der Waals surface area contributed by atoms with Gasteiger partial charge < -0.3 is 0 Å². The summed E-state index contributed by atoms with van der Waals surface area (Å²) in [6, 6.07) is 10.0. The highest BCUT2D eigenvalue weighted by Crippen LogP contribution is 2.29. The largest absolute Gasteiger partial charge is 0.282 e. The molecule has 0 saturated heterocycles. The maximum Gasteiger partial charge on any atom is 0.263 e. The molecular weight excluding hydrogens is 383 g/mol. The highest BCUT2D eigenvalue weighted by atomic mass is 35.5. The molecule has 0 heterocycles. The number of hydrogen-bond acceptors (Lipinski definition) is 4. The molecule has 2 aromatic carbocycles. The molecule has 124 valence electrons. The second-order valence-corrected chi connectivity index (χ2v) is 8.84. The van der Waals surface area contributed by atoms with Gasteiger partial charge in [-0.25, -0.2) is 16.8 Å². The van der Waals surface area contributed by atoms with E-state index in [1.54, 1.807) is 12.1 Å². The quantitative estimate of drug-likeness (QED) is 0.814. The van der Waals surface area contributed by atoms with Gasteiger partial charge in [-0.1, -0.05) is 35.3 Å². The Balaban J connectivity index is 2.44. The Morgan fingerprint density at radius 3 is 2.00 bits per heavy atom. The number of anilines is 2. The Hall–Kier alpha value is -1.48. The number of halogens is 2. The lowest BCUT2D eigenvalue weighted by atomic mass is 10.3. The first-order chi connectivity index (χ1) is 10.6. The Labute approximate surface area is 144 Å². The zero-order valence-corrected chi connectivity index (χ0v) is 14.9. The van der Waals surface area contributed by atoms with Gasteiger partial charge in [-0.3, -0.25) is 9.44 Å². The predicted octanol–water partition coefficient (Wildman–Crippen LogP) is 3.17. The number of sulfonamides is 2. The second-order valence-electron chi connectivity index (χ2n) is 4.60. The minimum atomic E-state index is -4.05. The number of rotatable bonds is 5. The lowest BCUT2D eigenvalue weighted by Gasteiger charge is -2.14. The zero-order valence-electron chi connectivity index (χ0n) is 11.7. The molecule has 0 atom stereocenters. The van der Waals surface area contributed by atoms with E-state index >= 15 is 0 Å². The first kappa shape index (κ1) is 17.9. The number of nitrogens with one attached hydrogen (secondary N) is 2. The van der Waals surface area contributed by atoms with Crippen LogP contribution >= 0.6 is 23.2 Å². The summed E-state index contributed by atoms with van der Waals surface area (Å²) in [5.41, 5.74) is 0.158. The number of para-hydroxylation sites is 2. The van der Waals surface area contributed by atoms with E-state index in [-0.39, 0.29) is 26.3 Å². The molecule has 0 unspecified atom stereocenters. The van der Waals surface area contributed by atoms with Gasteiger partial charge in [0, 0.05) is 5.02 Å². The van der Waals surface area contributed by atoms with Crippen molar-refractivity contribution in [3.8, 4) is 0 Å². The molecule has 23 heavy (non-hydrogen) atoms. The fourth-order valence-corrected chi connectivity index (χ4v) is 4.16. The van der Waals surface area contributed by atoms with Gasteiger partial charge in [0.15, 0.2) is 0 Å². The third-order valence-corrected chi connectivity index (χ3v) is 5.32. The summed E-state index contributed by atoms with van der Waals surface area (Å²) in [6.45, 7) is 0. The molecule has 6 nitrogen and oxygen atoms in total. The third kappa shape index (κ3) is 4.74. The van der Waals surface area contributed by atoms with Crippen molar-refractivity contribution in [3.63, 3.8) is 0 Å².